The van der Waals surface area contributed by atoms with E-state index in [-0.39, 0.29) is 0 Å². The summed E-state index contributed by atoms with van der Waals surface area (Å²) >= 11 is 1.62. The molecule has 0 bridgehead atoms. The number of aryl methyl sites for hydroxylation is 2. The minimum Gasteiger partial charge on any atom is -0.382 e. The third-order valence-corrected chi connectivity index (χ3v) is 3.94. The van der Waals surface area contributed by atoms with Crippen LogP contribution in [0.3, 0.4) is 0 Å². The van der Waals surface area contributed by atoms with Crippen LogP contribution in [0.4, 0.5) is 5.82 Å². The largest absolute Gasteiger partial charge is 0.382 e. The second-order valence-corrected chi connectivity index (χ2v) is 5.42. The third-order valence-electron chi connectivity index (χ3n) is 2.85. The van der Waals surface area contributed by atoms with Gasteiger partial charge >= 0.3 is 0 Å². The molecule has 6 heteroatoms. The lowest BCUT2D eigenvalue weighted by molar-refractivity contribution is 1.10. The Hall–Kier alpha value is -2.21. The Kier molecular flexibility index (Phi) is 2.79. The van der Waals surface area contributed by atoms with Crippen molar-refractivity contribution in [1.29, 1.82) is 0 Å². The molecular weight excluding hydrogens is 258 g/mol. The third kappa shape index (κ3) is 2.00. The number of H-pyrrole nitrogens is 1. The normalized spacial score (nSPS) is 10.8. The lowest BCUT2D eigenvalue weighted by Gasteiger charge is -2.02. The molecule has 0 spiro atoms. The molecule has 0 aliphatic rings. The van der Waals surface area contributed by atoms with Gasteiger partial charge in [0, 0.05) is 6.20 Å². The Morgan fingerprint density at radius 2 is 2.11 bits per heavy atom. The van der Waals surface area contributed by atoms with E-state index in [1.165, 1.54) is 0 Å². The van der Waals surface area contributed by atoms with Gasteiger partial charge in [-0.1, -0.05) is 6.07 Å². The van der Waals surface area contributed by atoms with Crippen LogP contribution < -0.4 is 5.73 Å². The van der Waals surface area contributed by atoms with Crippen LogP contribution in [0.2, 0.25) is 0 Å². The Morgan fingerprint density at radius 3 is 2.74 bits per heavy atom. The summed E-state index contributed by atoms with van der Waals surface area (Å²) in [5.74, 6) is 0.458. The molecule has 0 unspecified atom stereocenters. The van der Waals surface area contributed by atoms with Crippen LogP contribution in [0.1, 0.15) is 10.7 Å². The molecule has 0 saturated heterocycles. The van der Waals surface area contributed by atoms with Crippen LogP contribution in [0.15, 0.2) is 24.4 Å². The number of nitrogen functional groups attached to an aromatic ring is 1. The van der Waals surface area contributed by atoms with E-state index in [1.807, 2.05) is 32.0 Å². The van der Waals surface area contributed by atoms with Crippen molar-refractivity contribution >= 4 is 17.2 Å². The molecule has 0 amide bonds. The number of aromatic amines is 1. The van der Waals surface area contributed by atoms with Gasteiger partial charge in [-0.25, -0.2) is 4.98 Å². The van der Waals surface area contributed by atoms with E-state index in [9.17, 15) is 0 Å². The summed E-state index contributed by atoms with van der Waals surface area (Å²) in [4.78, 5) is 9.85. The molecular formula is C13H13N5S. The number of hydrogen-bond donors (Lipinski definition) is 2. The molecule has 19 heavy (non-hydrogen) atoms. The molecule has 3 aromatic heterocycles. The number of anilines is 1. The highest BCUT2D eigenvalue weighted by molar-refractivity contribution is 7.15. The Bertz CT molecular complexity index is 714. The predicted molar refractivity (Wildman–Crippen MR) is 76.8 cm³/mol. The second-order valence-electron chi connectivity index (χ2n) is 4.22. The van der Waals surface area contributed by atoms with E-state index >= 15 is 0 Å². The smallest absolute Gasteiger partial charge is 0.155 e. The maximum atomic E-state index is 5.97. The van der Waals surface area contributed by atoms with Crippen LogP contribution in [0.25, 0.3) is 21.8 Å². The zero-order chi connectivity index (χ0) is 13.4. The lowest BCUT2D eigenvalue weighted by atomic mass is 10.1. The Balaban J connectivity index is 2.22. The zero-order valence-electron chi connectivity index (χ0n) is 10.6. The molecule has 0 saturated carbocycles. The van der Waals surface area contributed by atoms with Crippen LogP contribution in [0, 0.1) is 13.8 Å². The fraction of sp³-hybridized carbons (Fsp3) is 0.154. The average Bonchev–Trinajstić information content (AvgIpc) is 2.93. The van der Waals surface area contributed by atoms with Gasteiger partial charge in [0.1, 0.15) is 0 Å². The van der Waals surface area contributed by atoms with Gasteiger partial charge in [-0.2, -0.15) is 5.10 Å². The van der Waals surface area contributed by atoms with Crippen molar-refractivity contribution < 1.29 is 0 Å². The first-order chi connectivity index (χ1) is 9.16. The molecule has 3 heterocycles. The Labute approximate surface area is 114 Å². The number of aromatic nitrogens is 4. The fourth-order valence-electron chi connectivity index (χ4n) is 2.05. The van der Waals surface area contributed by atoms with Gasteiger partial charge in [0.2, 0.25) is 0 Å². The number of nitrogens with two attached hydrogens (primary N) is 1. The van der Waals surface area contributed by atoms with E-state index in [4.69, 9.17) is 5.73 Å². The lowest BCUT2D eigenvalue weighted by Crippen LogP contribution is -1.90. The number of thiazole rings is 1. The molecule has 0 aromatic carbocycles. The average molecular weight is 271 g/mol. The van der Waals surface area contributed by atoms with Crippen molar-refractivity contribution in [2.45, 2.75) is 13.8 Å². The predicted octanol–water partition coefficient (Wildman–Crippen LogP) is 2.79. The molecule has 96 valence electrons. The zero-order valence-corrected chi connectivity index (χ0v) is 11.5. The van der Waals surface area contributed by atoms with Gasteiger partial charge in [-0.05, 0) is 26.0 Å². The number of hydrogen-bond acceptors (Lipinski definition) is 5. The van der Waals surface area contributed by atoms with Crippen LogP contribution >= 0.6 is 11.3 Å². The molecule has 0 radical (unpaired) electrons. The number of pyridine rings is 1. The quantitative estimate of drug-likeness (QED) is 0.751. The van der Waals surface area contributed by atoms with Crippen LogP contribution in [-0.4, -0.2) is 20.2 Å². The molecule has 0 fully saturated rings. The van der Waals surface area contributed by atoms with Crippen LogP contribution in [0.5, 0.6) is 0 Å². The van der Waals surface area contributed by atoms with E-state index in [2.05, 4.69) is 20.2 Å². The molecule has 0 atom stereocenters. The van der Waals surface area contributed by atoms with Crippen molar-refractivity contribution in [2.24, 2.45) is 0 Å². The van der Waals surface area contributed by atoms with Crippen molar-refractivity contribution in [1.82, 2.24) is 20.2 Å². The minimum atomic E-state index is 0.458. The number of nitrogens with zero attached hydrogens (tertiary/aromatic N) is 3. The summed E-state index contributed by atoms with van der Waals surface area (Å²) in [7, 11) is 0. The minimum absolute atomic E-state index is 0.458. The number of nitrogens with one attached hydrogen (secondary N) is 1. The van der Waals surface area contributed by atoms with Crippen molar-refractivity contribution in [3.05, 3.63) is 35.1 Å². The first kappa shape index (κ1) is 11.9. The molecule has 5 nitrogen and oxygen atoms in total. The van der Waals surface area contributed by atoms with Gasteiger partial charge in [-0.3, -0.25) is 10.1 Å². The van der Waals surface area contributed by atoms with E-state index in [1.54, 1.807) is 17.5 Å². The van der Waals surface area contributed by atoms with Crippen LogP contribution in [-0.2, 0) is 0 Å². The standard InChI is InChI=1S/C13H13N5S/c1-7-12(19-8(2)16-7)11-10(13(14)18-17-11)9-5-3-4-6-15-9/h3-6H,1-2H3,(H3,14,17,18). The van der Waals surface area contributed by atoms with Gasteiger partial charge < -0.3 is 5.73 Å². The summed E-state index contributed by atoms with van der Waals surface area (Å²) in [5, 5.41) is 8.13. The molecule has 0 aliphatic carbocycles. The first-order valence-electron chi connectivity index (χ1n) is 5.86. The maximum Gasteiger partial charge on any atom is 0.155 e. The molecule has 3 aromatic rings. The van der Waals surface area contributed by atoms with E-state index in [0.29, 0.717) is 5.82 Å². The molecule has 3 N–H and O–H groups in total. The topological polar surface area (TPSA) is 80.5 Å². The highest BCUT2D eigenvalue weighted by atomic mass is 32.1. The van der Waals surface area contributed by atoms with Gasteiger partial charge in [0.25, 0.3) is 0 Å². The summed E-state index contributed by atoms with van der Waals surface area (Å²) in [6.07, 6.45) is 1.75. The first-order valence-corrected chi connectivity index (χ1v) is 6.68. The van der Waals surface area contributed by atoms with Crippen molar-refractivity contribution in [3.63, 3.8) is 0 Å². The summed E-state index contributed by atoms with van der Waals surface area (Å²) < 4.78 is 0. The summed E-state index contributed by atoms with van der Waals surface area (Å²) in [5.41, 5.74) is 9.49. The van der Waals surface area contributed by atoms with Gasteiger partial charge in [-0.15, -0.1) is 11.3 Å². The van der Waals surface area contributed by atoms with Crippen molar-refractivity contribution in [3.8, 4) is 21.8 Å². The van der Waals surface area contributed by atoms with Crippen molar-refractivity contribution in [2.75, 3.05) is 5.73 Å². The van der Waals surface area contributed by atoms with E-state index < -0.39 is 0 Å². The molecule has 3 rings (SSSR count). The monoisotopic (exact) mass is 271 g/mol. The van der Waals surface area contributed by atoms with E-state index in [0.717, 1.165) is 32.5 Å². The second kappa shape index (κ2) is 4.47. The Morgan fingerprint density at radius 1 is 1.26 bits per heavy atom. The SMILES string of the molecule is Cc1nc(C)c(-c2[nH]nc(N)c2-c2ccccn2)s1. The summed E-state index contributed by atoms with van der Waals surface area (Å²) in [6.45, 7) is 3.97. The summed E-state index contributed by atoms with van der Waals surface area (Å²) in [6, 6.07) is 5.73. The van der Waals surface area contributed by atoms with Gasteiger partial charge in [0.15, 0.2) is 5.82 Å². The maximum absolute atomic E-state index is 5.97. The fourth-order valence-corrected chi connectivity index (χ4v) is 2.97. The van der Waals surface area contributed by atoms with Gasteiger partial charge in [0.05, 0.1) is 32.5 Å². The molecule has 0 aliphatic heterocycles. The highest BCUT2D eigenvalue weighted by Gasteiger charge is 2.19. The number of rotatable bonds is 2. The highest BCUT2D eigenvalue weighted by Crippen LogP contribution is 2.37.